The summed E-state index contributed by atoms with van der Waals surface area (Å²) in [4.78, 5) is 17.8. The Hall–Kier alpha value is -2.01. The molecule has 0 aliphatic carbocycles. The molecule has 102 valence electrons. The number of benzene rings is 1. The zero-order valence-corrected chi connectivity index (χ0v) is 12.2. The Morgan fingerprint density at radius 2 is 2.05 bits per heavy atom. The molecule has 0 aliphatic rings. The maximum atomic E-state index is 12.0. The van der Waals surface area contributed by atoms with Crippen molar-refractivity contribution in [3.8, 4) is 11.3 Å². The summed E-state index contributed by atoms with van der Waals surface area (Å²) in [6, 6.07) is 9.72. The molecule has 0 bridgehead atoms. The van der Waals surface area contributed by atoms with Crippen LogP contribution in [0.2, 0.25) is 0 Å². The van der Waals surface area contributed by atoms with E-state index in [0.717, 1.165) is 16.9 Å². The van der Waals surface area contributed by atoms with Crippen molar-refractivity contribution in [2.75, 3.05) is 5.75 Å². The fourth-order valence-electron chi connectivity index (χ4n) is 2.13. The summed E-state index contributed by atoms with van der Waals surface area (Å²) in [5.74, 6) is 1.05. The van der Waals surface area contributed by atoms with E-state index in [-0.39, 0.29) is 5.56 Å². The minimum absolute atomic E-state index is 0.0925. The third kappa shape index (κ3) is 2.25. The van der Waals surface area contributed by atoms with Gasteiger partial charge in [0.05, 0.1) is 5.69 Å². The van der Waals surface area contributed by atoms with Crippen LogP contribution >= 0.6 is 11.8 Å². The van der Waals surface area contributed by atoms with E-state index < -0.39 is 0 Å². The van der Waals surface area contributed by atoms with Crippen LogP contribution in [0.1, 0.15) is 12.5 Å². The second-order valence-corrected chi connectivity index (χ2v) is 5.89. The summed E-state index contributed by atoms with van der Waals surface area (Å²) >= 11 is 1.80. The summed E-state index contributed by atoms with van der Waals surface area (Å²) in [5, 5.41) is 2.90. The lowest BCUT2D eigenvalue weighted by atomic mass is 10.1. The lowest BCUT2D eigenvalue weighted by Crippen LogP contribution is -2.14. The maximum Gasteiger partial charge on any atom is 0.273 e. The molecule has 3 rings (SSSR count). The van der Waals surface area contributed by atoms with Crippen molar-refractivity contribution in [2.24, 2.45) is 0 Å². The number of hydrogen-bond acceptors (Lipinski definition) is 3. The van der Waals surface area contributed by atoms with Crippen molar-refractivity contribution < 1.29 is 0 Å². The molecule has 0 saturated carbocycles. The van der Waals surface area contributed by atoms with Crippen LogP contribution in [0.15, 0.2) is 46.2 Å². The molecule has 5 heteroatoms. The molecule has 20 heavy (non-hydrogen) atoms. The molecule has 4 nitrogen and oxygen atoms in total. The second kappa shape index (κ2) is 5.17. The molecule has 0 amide bonds. The largest absolute Gasteiger partial charge is 0.297 e. The molecular formula is C15H15N3OS. The van der Waals surface area contributed by atoms with E-state index in [1.165, 1.54) is 9.41 Å². The third-order valence-electron chi connectivity index (χ3n) is 3.14. The number of nitrogens with one attached hydrogen (secondary N) is 1. The van der Waals surface area contributed by atoms with Gasteiger partial charge in [0, 0.05) is 28.3 Å². The number of aromatic nitrogens is 3. The van der Waals surface area contributed by atoms with E-state index in [0.29, 0.717) is 11.3 Å². The quantitative estimate of drug-likeness (QED) is 0.752. The highest BCUT2D eigenvalue weighted by molar-refractivity contribution is 7.99. The van der Waals surface area contributed by atoms with Crippen molar-refractivity contribution in [3.63, 3.8) is 0 Å². The fraction of sp³-hybridized carbons (Fsp3) is 0.200. The number of aryl methyl sites for hydroxylation is 1. The molecule has 2 heterocycles. The molecule has 0 aliphatic heterocycles. The third-order valence-corrected chi connectivity index (χ3v) is 4.04. The zero-order chi connectivity index (χ0) is 14.1. The Morgan fingerprint density at radius 3 is 2.75 bits per heavy atom. The number of aromatic amines is 1. The van der Waals surface area contributed by atoms with E-state index in [2.05, 4.69) is 29.1 Å². The summed E-state index contributed by atoms with van der Waals surface area (Å²) < 4.78 is 1.46. The van der Waals surface area contributed by atoms with Crippen molar-refractivity contribution >= 4 is 17.4 Å². The van der Waals surface area contributed by atoms with Crippen LogP contribution in [0.4, 0.5) is 0 Å². The molecular weight excluding hydrogens is 270 g/mol. The number of hydrogen-bond donors (Lipinski definition) is 1. The lowest BCUT2D eigenvalue weighted by Gasteiger charge is -2.03. The van der Waals surface area contributed by atoms with Gasteiger partial charge in [-0.25, -0.2) is 9.50 Å². The first-order chi connectivity index (χ1) is 9.69. The van der Waals surface area contributed by atoms with Crippen LogP contribution in [0.5, 0.6) is 0 Å². The first-order valence-electron chi connectivity index (χ1n) is 6.50. The van der Waals surface area contributed by atoms with Crippen molar-refractivity contribution in [3.05, 3.63) is 52.4 Å². The highest BCUT2D eigenvalue weighted by atomic mass is 32.2. The van der Waals surface area contributed by atoms with E-state index in [1.807, 2.05) is 19.1 Å². The van der Waals surface area contributed by atoms with Gasteiger partial charge in [-0.15, -0.1) is 11.8 Å². The molecule has 1 aromatic carbocycles. The molecule has 0 fully saturated rings. The second-order valence-electron chi connectivity index (χ2n) is 4.55. The van der Waals surface area contributed by atoms with E-state index in [1.54, 1.807) is 24.0 Å². The number of H-pyrrole nitrogens is 1. The van der Waals surface area contributed by atoms with Crippen molar-refractivity contribution in [2.45, 2.75) is 18.7 Å². The number of thioether (sulfide) groups is 1. The average Bonchev–Trinajstić information content (AvgIpc) is 2.82. The number of rotatable bonds is 3. The van der Waals surface area contributed by atoms with Crippen molar-refractivity contribution in [1.29, 1.82) is 0 Å². The van der Waals surface area contributed by atoms with Crippen LogP contribution < -0.4 is 5.56 Å². The Bertz CT molecular complexity index is 802. The predicted octanol–water partition coefficient (Wildman–Crippen LogP) is 3.11. The van der Waals surface area contributed by atoms with Gasteiger partial charge in [-0.3, -0.25) is 9.89 Å². The van der Waals surface area contributed by atoms with Crippen molar-refractivity contribution in [1.82, 2.24) is 14.6 Å². The average molecular weight is 285 g/mol. The summed E-state index contributed by atoms with van der Waals surface area (Å²) in [6.07, 6.45) is 1.79. The van der Waals surface area contributed by atoms with Crippen LogP contribution in [-0.4, -0.2) is 20.4 Å². The Balaban J connectivity index is 2.09. The predicted molar refractivity (Wildman–Crippen MR) is 82.4 cm³/mol. The summed E-state index contributed by atoms with van der Waals surface area (Å²) in [7, 11) is 0. The normalized spacial score (nSPS) is 11.1. The highest BCUT2D eigenvalue weighted by Gasteiger charge is 2.07. The van der Waals surface area contributed by atoms with Gasteiger partial charge < -0.3 is 0 Å². The zero-order valence-electron chi connectivity index (χ0n) is 11.4. The van der Waals surface area contributed by atoms with E-state index in [9.17, 15) is 4.79 Å². The minimum Gasteiger partial charge on any atom is -0.297 e. The smallest absolute Gasteiger partial charge is 0.273 e. The minimum atomic E-state index is -0.0925. The first kappa shape index (κ1) is 13.0. The standard InChI is InChI=1S/C15H15N3OS/c1-3-20-12-6-4-11(5-7-12)13-8-14(19)18-15(17-13)10(2)9-16-18/h4-9,16H,3H2,1-2H3. The monoisotopic (exact) mass is 285 g/mol. The lowest BCUT2D eigenvalue weighted by molar-refractivity contribution is 0.901. The molecule has 2 aromatic heterocycles. The molecule has 3 aromatic rings. The fourth-order valence-corrected chi connectivity index (χ4v) is 2.80. The number of nitrogens with zero attached hydrogens (tertiary/aromatic N) is 2. The topological polar surface area (TPSA) is 50.2 Å². The van der Waals surface area contributed by atoms with Gasteiger partial charge in [0.1, 0.15) is 0 Å². The van der Waals surface area contributed by atoms with Gasteiger partial charge in [0.15, 0.2) is 5.65 Å². The van der Waals surface area contributed by atoms with Crippen LogP contribution in [0, 0.1) is 6.92 Å². The Morgan fingerprint density at radius 1 is 1.30 bits per heavy atom. The summed E-state index contributed by atoms with van der Waals surface area (Å²) in [5.41, 5.74) is 3.23. The highest BCUT2D eigenvalue weighted by Crippen LogP contribution is 2.22. The van der Waals surface area contributed by atoms with Gasteiger partial charge in [-0.2, -0.15) is 0 Å². The van der Waals surface area contributed by atoms with E-state index in [4.69, 9.17) is 0 Å². The molecule has 0 atom stereocenters. The number of fused-ring (bicyclic) bond motifs is 1. The van der Waals surface area contributed by atoms with Gasteiger partial charge in [-0.1, -0.05) is 19.1 Å². The Kier molecular flexibility index (Phi) is 3.36. The van der Waals surface area contributed by atoms with Gasteiger partial charge in [-0.05, 0) is 24.8 Å². The van der Waals surface area contributed by atoms with Crippen LogP contribution in [-0.2, 0) is 0 Å². The Labute approximate surface area is 120 Å². The van der Waals surface area contributed by atoms with Gasteiger partial charge in [0.25, 0.3) is 5.56 Å². The maximum absolute atomic E-state index is 12.0. The van der Waals surface area contributed by atoms with E-state index >= 15 is 0 Å². The van der Waals surface area contributed by atoms with Crippen LogP contribution in [0.25, 0.3) is 16.9 Å². The molecule has 0 radical (unpaired) electrons. The molecule has 1 N–H and O–H groups in total. The SMILES string of the molecule is CCSc1ccc(-c2cc(=O)n3[nH]cc(C)c3n2)cc1. The first-order valence-corrected chi connectivity index (χ1v) is 7.48. The van der Waals surface area contributed by atoms with Gasteiger partial charge >= 0.3 is 0 Å². The van der Waals surface area contributed by atoms with Crippen LogP contribution in [0.3, 0.4) is 0 Å². The molecule has 0 unspecified atom stereocenters. The molecule has 0 spiro atoms. The molecule has 0 saturated heterocycles. The summed E-state index contributed by atoms with van der Waals surface area (Å²) in [6.45, 7) is 4.06. The van der Waals surface area contributed by atoms with Gasteiger partial charge in [0.2, 0.25) is 0 Å².